The fraction of sp³-hybridized carbons (Fsp3) is 0.267. The maximum atomic E-state index is 5.84. The van der Waals surface area contributed by atoms with Gasteiger partial charge in [0.2, 0.25) is 5.88 Å². The van der Waals surface area contributed by atoms with Crippen LogP contribution in [0.3, 0.4) is 0 Å². The first-order valence-corrected chi connectivity index (χ1v) is 6.03. The highest BCUT2D eigenvalue weighted by Crippen LogP contribution is 2.24. The van der Waals surface area contributed by atoms with Gasteiger partial charge in [0.05, 0.1) is 0 Å². The molecular weight excluding hydrogens is 224 g/mol. The van der Waals surface area contributed by atoms with Gasteiger partial charge in [0, 0.05) is 18.8 Å². The first-order chi connectivity index (χ1) is 8.69. The van der Waals surface area contributed by atoms with Crippen LogP contribution in [0.1, 0.15) is 16.7 Å². The number of benzene rings is 1. The van der Waals surface area contributed by atoms with Crippen LogP contribution in [-0.2, 0) is 6.54 Å². The monoisotopic (exact) mass is 242 g/mol. The van der Waals surface area contributed by atoms with E-state index >= 15 is 0 Å². The van der Waals surface area contributed by atoms with Crippen molar-refractivity contribution in [1.29, 1.82) is 0 Å². The first-order valence-electron chi connectivity index (χ1n) is 6.03. The number of rotatable bonds is 4. The van der Waals surface area contributed by atoms with Gasteiger partial charge >= 0.3 is 0 Å². The Morgan fingerprint density at radius 2 is 2.00 bits per heavy atom. The van der Waals surface area contributed by atoms with E-state index in [1.165, 1.54) is 5.56 Å². The number of hydrogen-bond acceptors (Lipinski definition) is 3. The summed E-state index contributed by atoms with van der Waals surface area (Å²) in [4.78, 5) is 4.24. The molecule has 1 heterocycles. The average Bonchev–Trinajstić information content (AvgIpc) is 2.35. The van der Waals surface area contributed by atoms with Crippen molar-refractivity contribution in [2.75, 3.05) is 7.05 Å². The van der Waals surface area contributed by atoms with Crippen molar-refractivity contribution in [3.05, 3.63) is 53.2 Å². The average molecular weight is 242 g/mol. The summed E-state index contributed by atoms with van der Waals surface area (Å²) in [6.07, 6.45) is 1.77. The summed E-state index contributed by atoms with van der Waals surface area (Å²) in [5.74, 6) is 1.50. The molecule has 3 nitrogen and oxygen atoms in total. The van der Waals surface area contributed by atoms with Crippen LogP contribution in [0.2, 0.25) is 0 Å². The number of hydrogen-bond donors (Lipinski definition) is 1. The lowest BCUT2D eigenvalue weighted by atomic mass is 10.1. The maximum absolute atomic E-state index is 5.84. The third-order valence-corrected chi connectivity index (χ3v) is 2.74. The normalized spacial score (nSPS) is 10.4. The van der Waals surface area contributed by atoms with E-state index in [1.54, 1.807) is 6.20 Å². The van der Waals surface area contributed by atoms with E-state index in [0.717, 1.165) is 23.4 Å². The van der Waals surface area contributed by atoms with Gasteiger partial charge < -0.3 is 10.1 Å². The van der Waals surface area contributed by atoms with E-state index < -0.39 is 0 Å². The van der Waals surface area contributed by atoms with Gasteiger partial charge in [-0.3, -0.25) is 0 Å². The fourth-order valence-corrected chi connectivity index (χ4v) is 1.75. The van der Waals surface area contributed by atoms with Crippen molar-refractivity contribution >= 4 is 0 Å². The van der Waals surface area contributed by atoms with Crippen molar-refractivity contribution < 1.29 is 4.74 Å². The van der Waals surface area contributed by atoms with Crippen molar-refractivity contribution in [2.45, 2.75) is 20.4 Å². The minimum atomic E-state index is 0.636. The maximum Gasteiger partial charge on any atom is 0.219 e. The summed E-state index contributed by atoms with van der Waals surface area (Å²) >= 11 is 0. The summed E-state index contributed by atoms with van der Waals surface area (Å²) in [6.45, 7) is 4.90. The molecule has 0 atom stereocenters. The Labute approximate surface area is 108 Å². The van der Waals surface area contributed by atoms with Gasteiger partial charge in [0.15, 0.2) is 0 Å². The van der Waals surface area contributed by atoms with Crippen LogP contribution in [-0.4, -0.2) is 12.0 Å². The molecule has 0 fully saturated rings. The molecule has 2 rings (SSSR count). The number of aryl methyl sites for hydroxylation is 2. The molecule has 1 aromatic carbocycles. The van der Waals surface area contributed by atoms with E-state index in [9.17, 15) is 0 Å². The molecule has 0 bridgehead atoms. The third-order valence-electron chi connectivity index (χ3n) is 2.74. The van der Waals surface area contributed by atoms with Crippen molar-refractivity contribution in [2.24, 2.45) is 0 Å². The minimum absolute atomic E-state index is 0.636. The molecule has 0 spiro atoms. The second-order valence-electron chi connectivity index (χ2n) is 4.40. The van der Waals surface area contributed by atoms with E-state index in [-0.39, 0.29) is 0 Å². The zero-order valence-electron chi connectivity index (χ0n) is 11.0. The molecule has 1 aromatic heterocycles. The first kappa shape index (κ1) is 12.6. The summed E-state index contributed by atoms with van der Waals surface area (Å²) in [5.41, 5.74) is 3.45. The van der Waals surface area contributed by atoms with Crippen LogP contribution < -0.4 is 10.1 Å². The molecular formula is C15H18N2O. The van der Waals surface area contributed by atoms with Gasteiger partial charge in [-0.15, -0.1) is 0 Å². The Kier molecular flexibility index (Phi) is 3.95. The smallest absolute Gasteiger partial charge is 0.219 e. The summed E-state index contributed by atoms with van der Waals surface area (Å²) < 4.78 is 5.84. The Morgan fingerprint density at radius 1 is 1.17 bits per heavy atom. The van der Waals surface area contributed by atoms with E-state index in [2.05, 4.69) is 29.4 Å². The molecule has 0 saturated carbocycles. The highest BCUT2D eigenvalue weighted by atomic mass is 16.5. The van der Waals surface area contributed by atoms with Crippen molar-refractivity contribution in [1.82, 2.24) is 10.3 Å². The second-order valence-corrected chi connectivity index (χ2v) is 4.40. The molecule has 3 heteroatoms. The molecule has 0 aliphatic rings. The minimum Gasteiger partial charge on any atom is -0.439 e. The topological polar surface area (TPSA) is 34.2 Å². The molecule has 2 aromatic rings. The highest BCUT2D eigenvalue weighted by Gasteiger charge is 2.03. The lowest BCUT2D eigenvalue weighted by molar-refractivity contribution is 0.458. The van der Waals surface area contributed by atoms with Gasteiger partial charge in [-0.05, 0) is 49.7 Å². The number of ether oxygens (including phenoxy) is 1. The fourth-order valence-electron chi connectivity index (χ4n) is 1.75. The Balaban J connectivity index is 2.22. The van der Waals surface area contributed by atoms with E-state index in [0.29, 0.717) is 5.88 Å². The highest BCUT2D eigenvalue weighted by molar-refractivity contribution is 5.38. The number of pyridine rings is 1. The van der Waals surface area contributed by atoms with Crippen LogP contribution in [0, 0.1) is 13.8 Å². The number of aromatic nitrogens is 1. The molecule has 0 radical (unpaired) electrons. The lowest BCUT2D eigenvalue weighted by Gasteiger charge is -2.09. The van der Waals surface area contributed by atoms with Crippen molar-refractivity contribution in [3.8, 4) is 11.6 Å². The molecule has 1 N–H and O–H groups in total. The van der Waals surface area contributed by atoms with E-state index in [4.69, 9.17) is 4.74 Å². The quantitative estimate of drug-likeness (QED) is 0.894. The van der Waals surface area contributed by atoms with Gasteiger partial charge in [-0.2, -0.15) is 0 Å². The predicted molar refractivity (Wildman–Crippen MR) is 73.0 cm³/mol. The largest absolute Gasteiger partial charge is 0.439 e. The van der Waals surface area contributed by atoms with Crippen LogP contribution in [0.15, 0.2) is 36.5 Å². The Bertz CT molecular complexity index is 538. The second kappa shape index (κ2) is 5.65. The van der Waals surface area contributed by atoms with Gasteiger partial charge in [0.1, 0.15) is 5.75 Å². The summed E-state index contributed by atoms with van der Waals surface area (Å²) in [7, 11) is 1.92. The molecule has 0 unspecified atom stereocenters. The molecule has 0 saturated heterocycles. The SMILES string of the molecule is CNCc1ccnc(Oc2cc(C)ccc2C)c1. The van der Waals surface area contributed by atoms with Gasteiger partial charge in [0.25, 0.3) is 0 Å². The molecule has 0 aliphatic carbocycles. The lowest BCUT2D eigenvalue weighted by Crippen LogP contribution is -2.05. The third kappa shape index (κ3) is 3.08. The Hall–Kier alpha value is -1.87. The summed E-state index contributed by atoms with van der Waals surface area (Å²) in [5, 5.41) is 3.11. The zero-order chi connectivity index (χ0) is 13.0. The molecule has 18 heavy (non-hydrogen) atoms. The standard InChI is InChI=1S/C15H18N2O/c1-11-4-5-12(2)14(8-11)18-15-9-13(10-16-3)6-7-17-15/h4-9,16H,10H2,1-3H3. The predicted octanol–water partition coefficient (Wildman–Crippen LogP) is 3.21. The van der Waals surface area contributed by atoms with Crippen LogP contribution in [0.25, 0.3) is 0 Å². The van der Waals surface area contributed by atoms with Crippen LogP contribution >= 0.6 is 0 Å². The molecule has 94 valence electrons. The number of nitrogens with one attached hydrogen (secondary N) is 1. The van der Waals surface area contributed by atoms with Gasteiger partial charge in [-0.1, -0.05) is 12.1 Å². The zero-order valence-corrected chi connectivity index (χ0v) is 11.0. The Morgan fingerprint density at radius 3 is 2.78 bits per heavy atom. The summed E-state index contributed by atoms with van der Waals surface area (Å²) in [6, 6.07) is 10.1. The molecule has 0 amide bonds. The van der Waals surface area contributed by atoms with Crippen LogP contribution in [0.5, 0.6) is 11.6 Å². The van der Waals surface area contributed by atoms with E-state index in [1.807, 2.05) is 32.2 Å². The van der Waals surface area contributed by atoms with Gasteiger partial charge in [-0.25, -0.2) is 4.98 Å². The molecule has 0 aliphatic heterocycles. The number of nitrogens with zero attached hydrogens (tertiary/aromatic N) is 1. The van der Waals surface area contributed by atoms with Crippen molar-refractivity contribution in [3.63, 3.8) is 0 Å². The van der Waals surface area contributed by atoms with Crippen LogP contribution in [0.4, 0.5) is 0 Å².